The van der Waals surface area contributed by atoms with Gasteiger partial charge >= 0.3 is 6.09 Å². The molecule has 0 atom stereocenters. The maximum atomic E-state index is 12.7. The second kappa shape index (κ2) is 8.65. The lowest BCUT2D eigenvalue weighted by Gasteiger charge is -2.34. The van der Waals surface area contributed by atoms with Crippen LogP contribution in [0.3, 0.4) is 0 Å². The van der Waals surface area contributed by atoms with Crippen LogP contribution >= 0.6 is 23.1 Å². The Balaban J connectivity index is 1.38. The van der Waals surface area contributed by atoms with Crippen molar-refractivity contribution in [3.05, 3.63) is 16.8 Å². The second-order valence-electron chi connectivity index (χ2n) is 6.93. The fraction of sp³-hybridized carbons (Fsp3) is 0.579. The number of thioether (sulfide) groups is 1. The molecule has 0 radical (unpaired) electrons. The van der Waals surface area contributed by atoms with Crippen molar-refractivity contribution < 1.29 is 14.3 Å². The van der Waals surface area contributed by atoms with Crippen molar-refractivity contribution in [2.24, 2.45) is 0 Å². The van der Waals surface area contributed by atoms with Crippen LogP contribution in [0, 0.1) is 0 Å². The summed E-state index contributed by atoms with van der Waals surface area (Å²) in [5, 5.41) is 2.08. The van der Waals surface area contributed by atoms with Gasteiger partial charge in [-0.25, -0.2) is 14.8 Å². The zero-order valence-electron chi connectivity index (χ0n) is 16.0. The van der Waals surface area contributed by atoms with Gasteiger partial charge in [-0.3, -0.25) is 4.79 Å². The van der Waals surface area contributed by atoms with E-state index in [-0.39, 0.29) is 12.0 Å². The van der Waals surface area contributed by atoms with Gasteiger partial charge in [-0.1, -0.05) is 11.8 Å². The Kier molecular flexibility index (Phi) is 6.01. The minimum absolute atomic E-state index is 0.0874. The van der Waals surface area contributed by atoms with Crippen LogP contribution in [0.25, 0.3) is 10.2 Å². The molecule has 28 heavy (non-hydrogen) atoms. The predicted octanol–water partition coefficient (Wildman–Crippen LogP) is 2.96. The first-order valence-electron chi connectivity index (χ1n) is 9.75. The summed E-state index contributed by atoms with van der Waals surface area (Å²) in [4.78, 5) is 39.3. The molecule has 0 spiro atoms. The number of fused-ring (bicyclic) bond motifs is 3. The molecule has 1 aliphatic heterocycles. The first-order valence-corrected chi connectivity index (χ1v) is 11.5. The van der Waals surface area contributed by atoms with Gasteiger partial charge in [0.1, 0.15) is 16.2 Å². The van der Waals surface area contributed by atoms with Crippen LogP contribution in [0.4, 0.5) is 4.79 Å². The van der Waals surface area contributed by atoms with E-state index < -0.39 is 0 Å². The van der Waals surface area contributed by atoms with Crippen molar-refractivity contribution in [2.75, 3.05) is 38.5 Å². The normalized spacial score (nSPS) is 16.9. The van der Waals surface area contributed by atoms with E-state index in [9.17, 15) is 9.59 Å². The minimum Gasteiger partial charge on any atom is -0.450 e. The largest absolute Gasteiger partial charge is 0.450 e. The number of hydrogen-bond donors (Lipinski definition) is 0. The van der Waals surface area contributed by atoms with Crippen LogP contribution in [-0.2, 0) is 22.4 Å². The van der Waals surface area contributed by atoms with E-state index in [1.165, 1.54) is 35.0 Å². The summed E-state index contributed by atoms with van der Waals surface area (Å²) < 4.78 is 5.03. The molecule has 1 aliphatic carbocycles. The molecular weight excluding hydrogens is 396 g/mol. The van der Waals surface area contributed by atoms with Gasteiger partial charge in [-0.2, -0.15) is 0 Å². The van der Waals surface area contributed by atoms with Crippen LogP contribution in [0.1, 0.15) is 30.2 Å². The van der Waals surface area contributed by atoms with Crippen molar-refractivity contribution in [2.45, 2.75) is 37.6 Å². The number of ether oxygens (including phenoxy) is 1. The molecule has 150 valence electrons. The van der Waals surface area contributed by atoms with Gasteiger partial charge in [-0.05, 0) is 38.2 Å². The van der Waals surface area contributed by atoms with Gasteiger partial charge in [0.2, 0.25) is 5.91 Å². The minimum atomic E-state index is -0.297. The van der Waals surface area contributed by atoms with Gasteiger partial charge in [0.25, 0.3) is 0 Å². The van der Waals surface area contributed by atoms with Crippen LogP contribution in [0.15, 0.2) is 11.4 Å². The molecule has 1 fully saturated rings. The molecule has 7 nitrogen and oxygen atoms in total. The summed E-state index contributed by atoms with van der Waals surface area (Å²) in [6, 6.07) is 0. The maximum absolute atomic E-state index is 12.7. The first kappa shape index (κ1) is 19.4. The lowest BCUT2D eigenvalue weighted by Crippen LogP contribution is -2.51. The molecule has 0 saturated carbocycles. The number of nitrogens with zero attached hydrogens (tertiary/aromatic N) is 4. The summed E-state index contributed by atoms with van der Waals surface area (Å²) in [6.45, 7) is 4.30. The zero-order valence-corrected chi connectivity index (χ0v) is 17.6. The number of hydrogen-bond acceptors (Lipinski definition) is 7. The van der Waals surface area contributed by atoms with E-state index in [0.29, 0.717) is 38.5 Å². The molecule has 0 N–H and O–H groups in total. The Labute approximate surface area is 172 Å². The van der Waals surface area contributed by atoms with Crippen molar-refractivity contribution >= 4 is 45.3 Å². The van der Waals surface area contributed by atoms with Gasteiger partial charge in [0, 0.05) is 36.4 Å². The van der Waals surface area contributed by atoms with Crippen molar-refractivity contribution in [3.63, 3.8) is 0 Å². The van der Waals surface area contributed by atoms with Crippen LogP contribution in [0.2, 0.25) is 0 Å². The third kappa shape index (κ3) is 3.96. The monoisotopic (exact) mass is 420 g/mol. The summed E-state index contributed by atoms with van der Waals surface area (Å²) in [5.41, 5.74) is 1.39. The molecule has 0 aromatic carbocycles. The zero-order chi connectivity index (χ0) is 19.5. The third-order valence-corrected chi connectivity index (χ3v) is 7.38. The van der Waals surface area contributed by atoms with E-state index in [1.807, 2.05) is 4.90 Å². The molecule has 2 aliphatic rings. The van der Waals surface area contributed by atoms with E-state index in [1.54, 1.807) is 29.5 Å². The summed E-state index contributed by atoms with van der Waals surface area (Å²) >= 11 is 3.28. The molecule has 2 aromatic rings. The second-order valence-corrected chi connectivity index (χ2v) is 8.97. The number of aryl methyl sites for hydroxylation is 2. The van der Waals surface area contributed by atoms with E-state index in [0.717, 1.165) is 28.1 Å². The number of carbonyl (C=O) groups excluding carboxylic acids is 2. The molecule has 2 amide bonds. The molecule has 0 unspecified atom stereocenters. The number of rotatable bonds is 4. The molecule has 9 heteroatoms. The number of thiophene rings is 1. The lowest BCUT2D eigenvalue weighted by atomic mass is 9.97. The molecule has 4 rings (SSSR count). The predicted molar refractivity (Wildman–Crippen MR) is 110 cm³/mol. The van der Waals surface area contributed by atoms with Gasteiger partial charge in [0.15, 0.2) is 0 Å². The van der Waals surface area contributed by atoms with Crippen LogP contribution in [-0.4, -0.2) is 70.3 Å². The molecule has 0 bridgehead atoms. The Morgan fingerprint density at radius 1 is 1.14 bits per heavy atom. The lowest BCUT2D eigenvalue weighted by molar-refractivity contribution is -0.129. The summed E-state index contributed by atoms with van der Waals surface area (Å²) in [5.74, 6) is 0.445. The highest BCUT2D eigenvalue weighted by Gasteiger charge is 2.25. The van der Waals surface area contributed by atoms with Gasteiger partial charge < -0.3 is 14.5 Å². The van der Waals surface area contributed by atoms with Gasteiger partial charge in [-0.15, -0.1) is 11.3 Å². The number of amides is 2. The fourth-order valence-corrected chi connectivity index (χ4v) is 5.97. The number of piperazine rings is 1. The van der Waals surface area contributed by atoms with Gasteiger partial charge in [0.05, 0.1) is 12.4 Å². The Hall–Kier alpha value is -1.87. The average Bonchev–Trinajstić information content (AvgIpc) is 3.11. The average molecular weight is 421 g/mol. The quantitative estimate of drug-likeness (QED) is 0.559. The Bertz CT molecular complexity index is 877. The Morgan fingerprint density at radius 2 is 1.89 bits per heavy atom. The SMILES string of the molecule is CCOC(=O)N1CCN(C(=O)CSc2ncnc3sc4c(c23)CCCC4)CC1. The first-order chi connectivity index (χ1) is 13.7. The van der Waals surface area contributed by atoms with E-state index in [2.05, 4.69) is 9.97 Å². The molecule has 3 heterocycles. The number of aromatic nitrogens is 2. The fourth-order valence-electron chi connectivity index (χ4n) is 3.75. The smallest absolute Gasteiger partial charge is 0.409 e. The topological polar surface area (TPSA) is 75.6 Å². The summed E-state index contributed by atoms with van der Waals surface area (Å²) in [6.07, 6.45) is 5.97. The standard InChI is InChI=1S/C19H24N4O3S2/c1-2-26-19(25)23-9-7-22(8-10-23)15(24)11-27-17-16-13-5-3-4-6-14(13)28-18(16)21-12-20-17/h12H,2-11H2,1H3. The molecule has 1 saturated heterocycles. The highest BCUT2D eigenvalue weighted by atomic mass is 32.2. The Morgan fingerprint density at radius 3 is 2.68 bits per heavy atom. The van der Waals surface area contributed by atoms with Crippen molar-refractivity contribution in [3.8, 4) is 0 Å². The van der Waals surface area contributed by atoms with Crippen LogP contribution < -0.4 is 0 Å². The third-order valence-electron chi connectivity index (χ3n) is 5.21. The number of carbonyl (C=O) groups is 2. The highest BCUT2D eigenvalue weighted by Crippen LogP contribution is 2.39. The highest BCUT2D eigenvalue weighted by molar-refractivity contribution is 8.00. The van der Waals surface area contributed by atoms with Crippen molar-refractivity contribution in [1.29, 1.82) is 0 Å². The van der Waals surface area contributed by atoms with Crippen molar-refractivity contribution in [1.82, 2.24) is 19.8 Å². The van der Waals surface area contributed by atoms with E-state index >= 15 is 0 Å². The maximum Gasteiger partial charge on any atom is 0.409 e. The summed E-state index contributed by atoms with van der Waals surface area (Å²) in [7, 11) is 0. The van der Waals surface area contributed by atoms with E-state index in [4.69, 9.17) is 4.74 Å². The molecular formula is C19H24N4O3S2. The van der Waals surface area contributed by atoms with Crippen LogP contribution in [0.5, 0.6) is 0 Å². The molecule has 2 aromatic heterocycles.